The molecule has 6 heteroatoms. The van der Waals surface area contributed by atoms with Crippen LogP contribution in [0.25, 0.3) is 6.08 Å². The van der Waals surface area contributed by atoms with Crippen LogP contribution in [0.15, 0.2) is 12.1 Å². The number of esters is 1. The molecule has 120 valence electrons. The number of hydrogen-bond acceptors (Lipinski definition) is 5. The molecule has 0 saturated carbocycles. The number of hydrogen-bond donors (Lipinski definition) is 0. The number of methoxy groups -OCH3 is 1. The van der Waals surface area contributed by atoms with Crippen LogP contribution in [-0.2, 0) is 20.7 Å². The number of carbonyl (C=O) groups is 2. The Hall–Kier alpha value is -1.66. The van der Waals surface area contributed by atoms with Crippen molar-refractivity contribution in [1.82, 2.24) is 4.90 Å². The van der Waals surface area contributed by atoms with E-state index < -0.39 is 0 Å². The zero-order chi connectivity index (χ0) is 15.9. The number of rotatable bonds is 5. The molecular formula is C16H21NO4S. The van der Waals surface area contributed by atoms with Crippen molar-refractivity contribution in [3.05, 3.63) is 27.5 Å². The van der Waals surface area contributed by atoms with Gasteiger partial charge in [-0.15, -0.1) is 11.3 Å². The quantitative estimate of drug-likeness (QED) is 0.781. The molecule has 5 nitrogen and oxygen atoms in total. The van der Waals surface area contributed by atoms with E-state index in [2.05, 4.69) is 0 Å². The molecule has 1 aliphatic rings. The van der Waals surface area contributed by atoms with Crippen molar-refractivity contribution >= 4 is 29.3 Å². The van der Waals surface area contributed by atoms with E-state index in [0.717, 1.165) is 16.9 Å². The Morgan fingerprint density at radius 2 is 2.14 bits per heavy atom. The minimum absolute atomic E-state index is 0.0881. The molecule has 0 bridgehead atoms. The standard InChI is InChI=1S/C16H21NO4S/c1-3-13-11-12(15(22-13)16(19)20-2)5-4-6-14(18)17-7-9-21-10-8-17/h4-5,11H,3,6-10H2,1-2H3/b5-4-. The van der Waals surface area contributed by atoms with Gasteiger partial charge < -0.3 is 14.4 Å². The van der Waals surface area contributed by atoms with Gasteiger partial charge in [-0.25, -0.2) is 4.79 Å². The number of carbonyl (C=O) groups excluding carboxylic acids is 2. The summed E-state index contributed by atoms with van der Waals surface area (Å²) in [5, 5.41) is 0. The number of thiophene rings is 1. The molecule has 0 atom stereocenters. The van der Waals surface area contributed by atoms with Crippen molar-refractivity contribution < 1.29 is 19.1 Å². The lowest BCUT2D eigenvalue weighted by molar-refractivity contribution is -0.134. The number of nitrogens with zero attached hydrogens (tertiary/aromatic N) is 1. The molecule has 1 amide bonds. The zero-order valence-electron chi connectivity index (χ0n) is 13.0. The highest BCUT2D eigenvalue weighted by molar-refractivity contribution is 7.14. The second-order valence-electron chi connectivity index (χ2n) is 4.94. The molecule has 0 unspecified atom stereocenters. The third-order valence-corrected chi connectivity index (χ3v) is 4.76. The van der Waals surface area contributed by atoms with Gasteiger partial charge in [0.15, 0.2) is 0 Å². The van der Waals surface area contributed by atoms with Gasteiger partial charge in [0.25, 0.3) is 0 Å². The van der Waals surface area contributed by atoms with E-state index in [9.17, 15) is 9.59 Å². The van der Waals surface area contributed by atoms with E-state index in [1.54, 1.807) is 4.90 Å². The summed E-state index contributed by atoms with van der Waals surface area (Å²) in [4.78, 5) is 27.4. The lowest BCUT2D eigenvalue weighted by Gasteiger charge is -2.26. The summed E-state index contributed by atoms with van der Waals surface area (Å²) < 4.78 is 10.0. The molecule has 1 aromatic heterocycles. The summed E-state index contributed by atoms with van der Waals surface area (Å²) in [5.41, 5.74) is 0.823. The summed E-state index contributed by atoms with van der Waals surface area (Å²) in [6, 6.07) is 1.98. The maximum atomic E-state index is 12.1. The molecule has 2 rings (SSSR count). The number of amides is 1. The normalized spacial score (nSPS) is 15.3. The Labute approximate surface area is 134 Å². The smallest absolute Gasteiger partial charge is 0.348 e. The number of aryl methyl sites for hydroxylation is 1. The first-order chi connectivity index (χ1) is 10.7. The van der Waals surface area contributed by atoms with Crippen LogP contribution in [0.2, 0.25) is 0 Å². The molecule has 1 aromatic rings. The van der Waals surface area contributed by atoms with E-state index in [0.29, 0.717) is 37.6 Å². The van der Waals surface area contributed by atoms with Crippen molar-refractivity contribution in [2.75, 3.05) is 33.4 Å². The van der Waals surface area contributed by atoms with E-state index >= 15 is 0 Å². The molecule has 1 saturated heterocycles. The van der Waals surface area contributed by atoms with Crippen LogP contribution in [0, 0.1) is 0 Å². The predicted molar refractivity (Wildman–Crippen MR) is 86.1 cm³/mol. The topological polar surface area (TPSA) is 55.8 Å². The van der Waals surface area contributed by atoms with E-state index in [1.807, 2.05) is 25.1 Å². The molecule has 1 aliphatic heterocycles. The van der Waals surface area contributed by atoms with Crippen molar-refractivity contribution in [3.63, 3.8) is 0 Å². The summed E-state index contributed by atoms with van der Waals surface area (Å²) in [6.07, 6.45) is 4.85. The largest absolute Gasteiger partial charge is 0.465 e. The molecule has 22 heavy (non-hydrogen) atoms. The van der Waals surface area contributed by atoms with Gasteiger partial charge in [0, 0.05) is 24.4 Å². The van der Waals surface area contributed by atoms with Crippen LogP contribution < -0.4 is 0 Å². The molecule has 0 aromatic carbocycles. The van der Waals surface area contributed by atoms with Gasteiger partial charge in [0.2, 0.25) is 5.91 Å². The predicted octanol–water partition coefficient (Wildman–Crippen LogP) is 2.36. The maximum Gasteiger partial charge on any atom is 0.348 e. The van der Waals surface area contributed by atoms with Gasteiger partial charge in [0.05, 0.1) is 20.3 Å². The van der Waals surface area contributed by atoms with Crippen LogP contribution >= 0.6 is 11.3 Å². The highest BCUT2D eigenvalue weighted by atomic mass is 32.1. The van der Waals surface area contributed by atoms with Crippen molar-refractivity contribution in [2.45, 2.75) is 19.8 Å². The van der Waals surface area contributed by atoms with Crippen LogP contribution in [0.4, 0.5) is 0 Å². The van der Waals surface area contributed by atoms with Crippen LogP contribution in [0.1, 0.15) is 33.5 Å². The summed E-state index contributed by atoms with van der Waals surface area (Å²) in [5.74, 6) is -0.242. The fourth-order valence-corrected chi connectivity index (χ4v) is 3.24. The fourth-order valence-electron chi connectivity index (χ4n) is 2.24. The first-order valence-electron chi connectivity index (χ1n) is 7.38. The van der Waals surface area contributed by atoms with Crippen molar-refractivity contribution in [1.29, 1.82) is 0 Å². The third kappa shape index (κ3) is 4.18. The molecule has 1 fully saturated rings. The first-order valence-corrected chi connectivity index (χ1v) is 8.20. The minimum Gasteiger partial charge on any atom is -0.465 e. The zero-order valence-corrected chi connectivity index (χ0v) is 13.8. The average molecular weight is 323 g/mol. The average Bonchev–Trinajstić information content (AvgIpc) is 2.98. The van der Waals surface area contributed by atoms with Gasteiger partial charge in [-0.2, -0.15) is 0 Å². The number of ether oxygens (including phenoxy) is 2. The lowest BCUT2D eigenvalue weighted by Crippen LogP contribution is -2.40. The first kappa shape index (κ1) is 16.7. The lowest BCUT2D eigenvalue weighted by atomic mass is 10.2. The molecule has 0 spiro atoms. The van der Waals surface area contributed by atoms with Crippen LogP contribution in [0.5, 0.6) is 0 Å². The number of morpholine rings is 1. The van der Waals surface area contributed by atoms with Gasteiger partial charge in [-0.1, -0.05) is 19.1 Å². The molecular weight excluding hydrogens is 302 g/mol. The van der Waals surface area contributed by atoms with Gasteiger partial charge in [0.1, 0.15) is 4.88 Å². The molecule has 0 N–H and O–H groups in total. The van der Waals surface area contributed by atoms with Crippen LogP contribution in [0.3, 0.4) is 0 Å². The molecule has 0 radical (unpaired) electrons. The maximum absolute atomic E-state index is 12.1. The Bertz CT molecular complexity index is 558. The van der Waals surface area contributed by atoms with Crippen LogP contribution in [-0.4, -0.2) is 50.2 Å². The van der Waals surface area contributed by atoms with E-state index in [-0.39, 0.29) is 11.9 Å². The Morgan fingerprint density at radius 3 is 2.77 bits per heavy atom. The van der Waals surface area contributed by atoms with Crippen molar-refractivity contribution in [3.8, 4) is 0 Å². The van der Waals surface area contributed by atoms with Gasteiger partial charge >= 0.3 is 5.97 Å². The van der Waals surface area contributed by atoms with E-state index in [4.69, 9.17) is 9.47 Å². The summed E-state index contributed by atoms with van der Waals surface area (Å²) in [7, 11) is 1.38. The molecule has 0 aliphatic carbocycles. The summed E-state index contributed by atoms with van der Waals surface area (Å²) >= 11 is 1.44. The highest BCUT2D eigenvalue weighted by Crippen LogP contribution is 2.25. The van der Waals surface area contributed by atoms with Gasteiger partial charge in [-0.3, -0.25) is 4.79 Å². The highest BCUT2D eigenvalue weighted by Gasteiger charge is 2.16. The third-order valence-electron chi connectivity index (χ3n) is 3.48. The van der Waals surface area contributed by atoms with Crippen molar-refractivity contribution in [2.24, 2.45) is 0 Å². The molecule has 2 heterocycles. The Morgan fingerprint density at radius 1 is 1.41 bits per heavy atom. The second kappa shape index (κ2) is 8.10. The Balaban J connectivity index is 2.01. The Kier molecular flexibility index (Phi) is 6.15. The van der Waals surface area contributed by atoms with Gasteiger partial charge in [-0.05, 0) is 18.1 Å². The minimum atomic E-state index is -0.330. The summed E-state index contributed by atoms with van der Waals surface area (Å²) in [6.45, 7) is 4.55. The second-order valence-corrected chi connectivity index (χ2v) is 6.08. The SMILES string of the molecule is CCc1cc(/C=C\CC(=O)N2CCOCC2)c(C(=O)OC)s1. The van der Waals surface area contributed by atoms with E-state index in [1.165, 1.54) is 18.4 Å². The monoisotopic (exact) mass is 323 g/mol. The fraction of sp³-hybridized carbons (Fsp3) is 0.500.